The van der Waals surface area contributed by atoms with Crippen LogP contribution < -0.4 is 4.72 Å². The van der Waals surface area contributed by atoms with Crippen LogP contribution in [0.4, 0.5) is 0 Å². The summed E-state index contributed by atoms with van der Waals surface area (Å²) in [5.74, 6) is 1.38. The molecule has 0 saturated carbocycles. The third-order valence-corrected chi connectivity index (χ3v) is 6.67. The van der Waals surface area contributed by atoms with Crippen LogP contribution >= 0.6 is 34.5 Å². The van der Waals surface area contributed by atoms with Crippen molar-refractivity contribution in [3.05, 3.63) is 26.4 Å². The average molecular weight is 381 g/mol. The van der Waals surface area contributed by atoms with Gasteiger partial charge in [0.15, 0.2) is 5.82 Å². The molecular weight excluding hydrogens is 367 g/mol. The smallest absolute Gasteiger partial charge is 0.243 e. The quantitative estimate of drug-likeness (QED) is 0.883. The van der Waals surface area contributed by atoms with E-state index in [-0.39, 0.29) is 9.23 Å². The van der Waals surface area contributed by atoms with Crippen molar-refractivity contribution in [3.63, 3.8) is 0 Å². The fraction of sp³-hybridized carbons (Fsp3) is 0.500. The Morgan fingerprint density at radius 1 is 1.50 bits per heavy atom. The van der Waals surface area contributed by atoms with Gasteiger partial charge in [0.2, 0.25) is 10.0 Å². The molecule has 0 aliphatic carbocycles. The van der Waals surface area contributed by atoms with Crippen molar-refractivity contribution in [1.29, 1.82) is 0 Å². The topological polar surface area (TPSA) is 76.9 Å². The largest absolute Gasteiger partial charge is 0.248 e. The SMILES string of the molecule is CCc1nc2n(n1)CCCC2NS(=O)(=O)c1cc(Cl)sc1Cl. The minimum absolute atomic E-state index is 0.0107. The fourth-order valence-electron chi connectivity index (χ4n) is 2.42. The molecule has 0 aromatic carbocycles. The molecule has 1 aliphatic heterocycles. The average Bonchev–Trinajstić information content (AvgIpc) is 3.02. The first kappa shape index (κ1) is 16.2. The summed E-state index contributed by atoms with van der Waals surface area (Å²) in [5, 5.41) is 4.37. The minimum atomic E-state index is -3.75. The van der Waals surface area contributed by atoms with E-state index < -0.39 is 16.1 Å². The van der Waals surface area contributed by atoms with Gasteiger partial charge in [-0.15, -0.1) is 11.3 Å². The summed E-state index contributed by atoms with van der Waals surface area (Å²) in [6.07, 6.45) is 2.23. The van der Waals surface area contributed by atoms with Crippen molar-refractivity contribution in [2.24, 2.45) is 0 Å². The van der Waals surface area contributed by atoms with Crippen LogP contribution in [0.15, 0.2) is 11.0 Å². The number of fused-ring (bicyclic) bond motifs is 1. The molecule has 0 saturated heterocycles. The van der Waals surface area contributed by atoms with E-state index in [1.54, 1.807) is 4.68 Å². The Morgan fingerprint density at radius 2 is 2.27 bits per heavy atom. The van der Waals surface area contributed by atoms with E-state index >= 15 is 0 Å². The Bertz CT molecular complexity index is 800. The van der Waals surface area contributed by atoms with Crippen LogP contribution in [0.25, 0.3) is 0 Å². The van der Waals surface area contributed by atoms with Gasteiger partial charge >= 0.3 is 0 Å². The highest BCUT2D eigenvalue weighted by Gasteiger charge is 2.30. The lowest BCUT2D eigenvalue weighted by molar-refractivity contribution is 0.399. The molecule has 3 heterocycles. The van der Waals surface area contributed by atoms with Gasteiger partial charge in [-0.1, -0.05) is 30.1 Å². The summed E-state index contributed by atoms with van der Waals surface area (Å²) >= 11 is 12.8. The van der Waals surface area contributed by atoms with Crippen LogP contribution in [-0.4, -0.2) is 23.2 Å². The Labute approximate surface area is 142 Å². The second-order valence-electron chi connectivity index (χ2n) is 4.97. The molecule has 2 aromatic heterocycles. The van der Waals surface area contributed by atoms with Crippen molar-refractivity contribution in [2.75, 3.05) is 0 Å². The van der Waals surface area contributed by atoms with Gasteiger partial charge in [0.25, 0.3) is 0 Å². The molecule has 2 aromatic rings. The first-order chi connectivity index (χ1) is 10.4. The zero-order chi connectivity index (χ0) is 15.9. The molecule has 120 valence electrons. The zero-order valence-corrected chi connectivity index (χ0v) is 14.9. The summed E-state index contributed by atoms with van der Waals surface area (Å²) in [7, 11) is -3.75. The van der Waals surface area contributed by atoms with E-state index in [2.05, 4.69) is 14.8 Å². The summed E-state index contributed by atoms with van der Waals surface area (Å²) < 4.78 is 30.0. The lowest BCUT2D eigenvalue weighted by Crippen LogP contribution is -2.33. The van der Waals surface area contributed by atoms with Crippen molar-refractivity contribution in [2.45, 2.75) is 43.7 Å². The molecule has 6 nitrogen and oxygen atoms in total. The fourth-order valence-corrected chi connectivity index (χ4v) is 5.80. The minimum Gasteiger partial charge on any atom is -0.248 e. The monoisotopic (exact) mass is 380 g/mol. The first-order valence-electron chi connectivity index (χ1n) is 6.81. The van der Waals surface area contributed by atoms with Crippen LogP contribution in [0.3, 0.4) is 0 Å². The first-order valence-corrected chi connectivity index (χ1v) is 9.87. The molecule has 1 unspecified atom stereocenters. The number of aryl methyl sites for hydroxylation is 2. The standard InChI is InChI=1S/C12H14Cl2N4O2S2/c1-2-10-15-12-7(4-3-5-18(12)16-10)17-22(19,20)8-6-9(13)21-11(8)14/h6-7,17H,2-5H2,1H3. The number of halogens is 2. The second kappa shape index (κ2) is 6.09. The molecule has 22 heavy (non-hydrogen) atoms. The third kappa shape index (κ3) is 3.03. The van der Waals surface area contributed by atoms with Crippen LogP contribution in [-0.2, 0) is 23.0 Å². The lowest BCUT2D eigenvalue weighted by atomic mass is 10.1. The molecule has 1 atom stereocenters. The zero-order valence-electron chi connectivity index (χ0n) is 11.7. The van der Waals surface area contributed by atoms with E-state index in [9.17, 15) is 8.42 Å². The molecule has 0 amide bonds. The predicted molar refractivity (Wildman–Crippen MR) is 86.0 cm³/mol. The second-order valence-corrected chi connectivity index (χ2v) is 8.94. The highest BCUT2D eigenvalue weighted by molar-refractivity contribution is 7.89. The lowest BCUT2D eigenvalue weighted by Gasteiger charge is -2.22. The number of rotatable bonds is 4. The van der Waals surface area contributed by atoms with Crippen LogP contribution in [0.2, 0.25) is 8.67 Å². The number of thiophene rings is 1. The van der Waals surface area contributed by atoms with E-state index in [0.29, 0.717) is 23.0 Å². The Kier molecular flexibility index (Phi) is 4.48. The van der Waals surface area contributed by atoms with Crippen LogP contribution in [0.5, 0.6) is 0 Å². The van der Waals surface area contributed by atoms with Gasteiger partial charge in [-0.3, -0.25) is 0 Å². The van der Waals surface area contributed by atoms with Crippen molar-refractivity contribution < 1.29 is 8.42 Å². The van der Waals surface area contributed by atoms with Gasteiger partial charge in [0.05, 0.1) is 10.4 Å². The van der Waals surface area contributed by atoms with Gasteiger partial charge in [0, 0.05) is 13.0 Å². The Balaban J connectivity index is 1.91. The number of sulfonamides is 1. The molecule has 0 spiro atoms. The molecule has 1 aliphatic rings. The van der Waals surface area contributed by atoms with E-state index in [0.717, 1.165) is 30.1 Å². The molecule has 0 bridgehead atoms. The molecule has 0 fully saturated rings. The number of hydrogen-bond donors (Lipinski definition) is 1. The van der Waals surface area contributed by atoms with E-state index in [1.807, 2.05) is 6.92 Å². The summed E-state index contributed by atoms with van der Waals surface area (Å²) in [4.78, 5) is 4.44. The molecular formula is C12H14Cl2N4O2S2. The maximum Gasteiger partial charge on any atom is 0.243 e. The number of nitrogens with zero attached hydrogens (tertiary/aromatic N) is 3. The Morgan fingerprint density at radius 3 is 2.91 bits per heavy atom. The van der Waals surface area contributed by atoms with Crippen LogP contribution in [0.1, 0.15) is 37.5 Å². The number of aromatic nitrogens is 3. The van der Waals surface area contributed by atoms with E-state index in [4.69, 9.17) is 23.2 Å². The van der Waals surface area contributed by atoms with Gasteiger partial charge in [-0.2, -0.15) is 5.10 Å². The Hall–Kier alpha value is -0.670. The van der Waals surface area contributed by atoms with E-state index in [1.165, 1.54) is 6.07 Å². The number of nitrogens with one attached hydrogen (secondary N) is 1. The molecule has 10 heteroatoms. The summed E-state index contributed by atoms with van der Waals surface area (Å²) in [5.41, 5.74) is 0. The maximum atomic E-state index is 12.5. The normalized spacial score (nSPS) is 18.4. The van der Waals surface area contributed by atoms with Crippen molar-refractivity contribution in [3.8, 4) is 0 Å². The van der Waals surface area contributed by atoms with Crippen LogP contribution in [0, 0.1) is 0 Å². The highest BCUT2D eigenvalue weighted by Crippen LogP contribution is 2.35. The van der Waals surface area contributed by atoms with Crippen molar-refractivity contribution in [1.82, 2.24) is 19.5 Å². The van der Waals surface area contributed by atoms with Gasteiger partial charge in [-0.05, 0) is 18.9 Å². The number of hydrogen-bond acceptors (Lipinski definition) is 5. The van der Waals surface area contributed by atoms with Crippen molar-refractivity contribution >= 4 is 44.6 Å². The molecule has 1 N–H and O–H groups in total. The van der Waals surface area contributed by atoms with Gasteiger partial charge < -0.3 is 0 Å². The highest BCUT2D eigenvalue weighted by atomic mass is 35.5. The third-order valence-electron chi connectivity index (χ3n) is 3.45. The predicted octanol–water partition coefficient (Wildman–Crippen LogP) is 3.02. The summed E-state index contributed by atoms with van der Waals surface area (Å²) in [6, 6.07) is 0.961. The maximum absolute atomic E-state index is 12.5. The summed E-state index contributed by atoms with van der Waals surface area (Å²) in [6.45, 7) is 2.72. The molecule has 3 rings (SSSR count). The molecule has 0 radical (unpaired) electrons. The van der Waals surface area contributed by atoms with Gasteiger partial charge in [0.1, 0.15) is 15.1 Å². The van der Waals surface area contributed by atoms with Gasteiger partial charge in [-0.25, -0.2) is 22.8 Å².